The topological polar surface area (TPSA) is 63.6 Å². The number of ether oxygens (including phenoxy) is 1. The molecule has 6 rings (SSSR count). The van der Waals surface area contributed by atoms with Crippen LogP contribution in [-0.4, -0.2) is 29.1 Å². The van der Waals surface area contributed by atoms with Gasteiger partial charge in [0.1, 0.15) is 5.60 Å². The van der Waals surface area contributed by atoms with Crippen LogP contribution in [0.25, 0.3) is 0 Å². The van der Waals surface area contributed by atoms with E-state index in [4.69, 9.17) is 4.74 Å². The Morgan fingerprint density at radius 1 is 1.19 bits per heavy atom. The van der Waals surface area contributed by atoms with E-state index < -0.39 is 0 Å². The molecule has 4 nitrogen and oxygen atoms in total. The van der Waals surface area contributed by atoms with Crippen LogP contribution in [0.3, 0.4) is 0 Å². The molecule has 6 aliphatic rings. The van der Waals surface area contributed by atoms with Crippen molar-refractivity contribution in [3.05, 3.63) is 23.8 Å². The summed E-state index contributed by atoms with van der Waals surface area (Å²) in [5.41, 5.74) is 0.888. The fourth-order valence-corrected chi connectivity index (χ4v) is 8.47. The van der Waals surface area contributed by atoms with E-state index in [0.29, 0.717) is 41.9 Å². The molecular weight excluding hydrogens is 340 g/mol. The van der Waals surface area contributed by atoms with Gasteiger partial charge in [0.05, 0.1) is 0 Å². The van der Waals surface area contributed by atoms with Crippen molar-refractivity contribution in [3.63, 3.8) is 0 Å². The number of carbonyl (C=O) groups is 2. The first-order valence-corrected chi connectivity index (χ1v) is 10.8. The molecule has 5 aliphatic carbocycles. The molecule has 27 heavy (non-hydrogen) atoms. The number of aliphatic hydroxyl groups is 1. The third-order valence-electron chi connectivity index (χ3n) is 9.45. The van der Waals surface area contributed by atoms with E-state index in [0.717, 1.165) is 25.7 Å². The van der Waals surface area contributed by atoms with Crippen molar-refractivity contribution in [2.75, 3.05) is 6.61 Å². The normalized spacial score (nSPS) is 54.7. The summed E-state index contributed by atoms with van der Waals surface area (Å²) >= 11 is 0. The maximum Gasteiger partial charge on any atom is 0.331 e. The molecule has 1 spiro atoms. The molecule has 0 aromatic heterocycles. The second kappa shape index (κ2) is 5.14. The number of carbonyl (C=O) groups excluding carboxylic acids is 2. The van der Waals surface area contributed by atoms with E-state index in [1.165, 1.54) is 12.0 Å². The fraction of sp³-hybridized carbons (Fsp3) is 0.739. The highest BCUT2D eigenvalue weighted by molar-refractivity contribution is 5.91. The lowest BCUT2D eigenvalue weighted by molar-refractivity contribution is -0.168. The number of fused-ring (bicyclic) bond motifs is 9. The van der Waals surface area contributed by atoms with Gasteiger partial charge in [0.25, 0.3) is 0 Å². The lowest BCUT2D eigenvalue weighted by Crippen LogP contribution is -2.55. The Hall–Kier alpha value is -1.42. The minimum atomic E-state index is -0.377. The molecule has 0 radical (unpaired) electrons. The van der Waals surface area contributed by atoms with Crippen molar-refractivity contribution in [2.45, 2.75) is 51.0 Å². The number of hydrogen-bond donors (Lipinski definition) is 1. The molecule has 0 saturated heterocycles. The molecule has 4 fully saturated rings. The molecule has 4 heteroatoms. The zero-order valence-corrected chi connectivity index (χ0v) is 15.9. The maximum atomic E-state index is 12.0. The summed E-state index contributed by atoms with van der Waals surface area (Å²) in [6.07, 6.45) is 11.7. The standard InChI is InChI=1S/C23H28O4/c1-22-6-4-15-14-3-2-13(25)9-16(14)12(11-24)8-17(15)21(22)18-10-19(18)23(22)7-5-20(26)27-23/h5,7,9,12,14-15,17-19,21,24H,2-4,6,8,10-11H2,1H3/t12-,14+,15?,17?,18-,19+,21?,22-,23-/m0/s1. The summed E-state index contributed by atoms with van der Waals surface area (Å²) in [7, 11) is 0. The van der Waals surface area contributed by atoms with Crippen LogP contribution in [0.5, 0.6) is 0 Å². The van der Waals surface area contributed by atoms with Gasteiger partial charge in [0, 0.05) is 36.4 Å². The second-order valence-corrected chi connectivity index (χ2v) is 10.2. The summed E-state index contributed by atoms with van der Waals surface area (Å²) in [6, 6.07) is 0. The number of aliphatic hydroxyl groups excluding tert-OH is 1. The SMILES string of the molecule is C[C@]12CCC3C(C[C@@H](CO)C4=CC(=O)CC[C@@H]43)C1[C@H]1C[C@H]1[C@@]21C=CC(=O)O1. The maximum absolute atomic E-state index is 12.0. The second-order valence-electron chi connectivity index (χ2n) is 10.2. The molecule has 0 aromatic rings. The molecule has 3 unspecified atom stereocenters. The van der Waals surface area contributed by atoms with Gasteiger partial charge < -0.3 is 9.84 Å². The van der Waals surface area contributed by atoms with Crippen LogP contribution in [0.1, 0.15) is 45.4 Å². The largest absolute Gasteiger partial charge is 0.451 e. The number of esters is 1. The molecule has 1 N–H and O–H groups in total. The van der Waals surface area contributed by atoms with E-state index in [2.05, 4.69) is 13.0 Å². The van der Waals surface area contributed by atoms with Crippen LogP contribution < -0.4 is 0 Å². The Morgan fingerprint density at radius 2 is 2.04 bits per heavy atom. The third-order valence-corrected chi connectivity index (χ3v) is 9.45. The number of hydrogen-bond acceptors (Lipinski definition) is 4. The van der Waals surface area contributed by atoms with Gasteiger partial charge in [0.15, 0.2) is 5.78 Å². The van der Waals surface area contributed by atoms with E-state index in [9.17, 15) is 14.7 Å². The lowest BCUT2D eigenvalue weighted by Gasteiger charge is -2.58. The molecule has 4 saturated carbocycles. The van der Waals surface area contributed by atoms with Gasteiger partial charge in [-0.25, -0.2) is 4.79 Å². The van der Waals surface area contributed by atoms with Gasteiger partial charge >= 0.3 is 5.97 Å². The minimum Gasteiger partial charge on any atom is -0.451 e. The fourth-order valence-electron chi connectivity index (χ4n) is 8.47. The lowest BCUT2D eigenvalue weighted by atomic mass is 9.48. The minimum absolute atomic E-state index is 0.0239. The van der Waals surface area contributed by atoms with E-state index in [1.54, 1.807) is 6.08 Å². The molecule has 9 atom stereocenters. The Kier molecular flexibility index (Phi) is 3.14. The summed E-state index contributed by atoms with van der Waals surface area (Å²) in [4.78, 5) is 24.0. The van der Waals surface area contributed by atoms with E-state index in [-0.39, 0.29) is 35.3 Å². The summed E-state index contributed by atoms with van der Waals surface area (Å²) < 4.78 is 6.03. The predicted octanol–water partition coefficient (Wildman–Crippen LogP) is 3.05. The Balaban J connectivity index is 1.40. The van der Waals surface area contributed by atoms with Crippen LogP contribution >= 0.6 is 0 Å². The van der Waals surface area contributed by atoms with Crippen LogP contribution in [0, 0.1) is 46.8 Å². The predicted molar refractivity (Wildman–Crippen MR) is 98.4 cm³/mol. The Labute approximate surface area is 160 Å². The van der Waals surface area contributed by atoms with Gasteiger partial charge in [-0.15, -0.1) is 0 Å². The van der Waals surface area contributed by atoms with Crippen LogP contribution in [0.4, 0.5) is 0 Å². The Morgan fingerprint density at radius 3 is 2.78 bits per heavy atom. The van der Waals surface area contributed by atoms with Gasteiger partial charge in [-0.3, -0.25) is 4.79 Å². The van der Waals surface area contributed by atoms with Crippen LogP contribution in [-0.2, 0) is 14.3 Å². The number of ketones is 1. The Bertz CT molecular complexity index is 796. The molecule has 144 valence electrons. The van der Waals surface area contributed by atoms with Crippen molar-refractivity contribution in [2.24, 2.45) is 46.8 Å². The van der Waals surface area contributed by atoms with Gasteiger partial charge in [-0.1, -0.05) is 12.5 Å². The van der Waals surface area contributed by atoms with Crippen molar-refractivity contribution in [3.8, 4) is 0 Å². The first kappa shape index (κ1) is 16.5. The highest BCUT2D eigenvalue weighted by atomic mass is 16.6. The quantitative estimate of drug-likeness (QED) is 0.723. The van der Waals surface area contributed by atoms with Crippen molar-refractivity contribution < 1.29 is 19.4 Å². The van der Waals surface area contributed by atoms with Crippen molar-refractivity contribution in [1.29, 1.82) is 0 Å². The summed E-state index contributed by atoms with van der Waals surface area (Å²) in [6.45, 7) is 2.52. The zero-order valence-electron chi connectivity index (χ0n) is 15.9. The van der Waals surface area contributed by atoms with Crippen LogP contribution in [0.15, 0.2) is 23.8 Å². The van der Waals surface area contributed by atoms with E-state index in [1.807, 2.05) is 6.08 Å². The van der Waals surface area contributed by atoms with Gasteiger partial charge in [-0.2, -0.15) is 0 Å². The molecule has 1 aliphatic heterocycles. The highest BCUT2D eigenvalue weighted by Crippen LogP contribution is 2.77. The average Bonchev–Trinajstić information content (AvgIpc) is 3.29. The van der Waals surface area contributed by atoms with E-state index >= 15 is 0 Å². The molecular formula is C23H28O4. The molecule has 0 aromatic carbocycles. The zero-order chi connectivity index (χ0) is 18.6. The number of rotatable bonds is 1. The summed E-state index contributed by atoms with van der Waals surface area (Å²) in [5, 5.41) is 10.1. The van der Waals surface area contributed by atoms with Gasteiger partial charge in [0.2, 0.25) is 0 Å². The van der Waals surface area contributed by atoms with Gasteiger partial charge in [-0.05, 0) is 73.8 Å². The molecule has 0 bridgehead atoms. The molecule has 0 amide bonds. The summed E-state index contributed by atoms with van der Waals surface area (Å²) in [5.74, 6) is 3.61. The smallest absolute Gasteiger partial charge is 0.331 e. The van der Waals surface area contributed by atoms with Crippen LogP contribution in [0.2, 0.25) is 0 Å². The first-order valence-electron chi connectivity index (χ1n) is 10.8. The first-order chi connectivity index (χ1) is 13.0. The van der Waals surface area contributed by atoms with Crippen molar-refractivity contribution >= 4 is 11.8 Å². The highest BCUT2D eigenvalue weighted by Gasteiger charge is 2.78. The average molecular weight is 368 g/mol. The van der Waals surface area contributed by atoms with Crippen molar-refractivity contribution in [1.82, 2.24) is 0 Å². The monoisotopic (exact) mass is 368 g/mol. The molecule has 1 heterocycles. The third kappa shape index (κ3) is 1.88.